The highest BCUT2D eigenvalue weighted by atomic mass is 127. The first kappa shape index (κ1) is 18.9. The first-order valence-corrected chi connectivity index (χ1v) is 10.2. The average Bonchev–Trinajstić information content (AvgIpc) is 3.12. The molecule has 0 saturated heterocycles. The maximum atomic E-state index is 12.7. The molecule has 1 aromatic carbocycles. The Labute approximate surface area is 176 Å². The van der Waals surface area contributed by atoms with Crippen LogP contribution in [-0.4, -0.2) is 32.5 Å². The van der Waals surface area contributed by atoms with Gasteiger partial charge in [-0.1, -0.05) is 6.07 Å². The Bertz CT molecular complexity index is 1010. The van der Waals surface area contributed by atoms with Crippen molar-refractivity contribution in [1.29, 1.82) is 0 Å². The summed E-state index contributed by atoms with van der Waals surface area (Å²) < 4.78 is 7.89. The number of rotatable bonds is 4. The highest BCUT2D eigenvalue weighted by Gasteiger charge is 2.28. The highest BCUT2D eigenvalue weighted by Crippen LogP contribution is 2.35. The van der Waals surface area contributed by atoms with Crippen molar-refractivity contribution in [3.05, 3.63) is 34.4 Å². The monoisotopic (exact) mass is 492 g/mol. The van der Waals surface area contributed by atoms with Gasteiger partial charge in [-0.2, -0.15) is 0 Å². The summed E-state index contributed by atoms with van der Waals surface area (Å²) in [6, 6.07) is 7.68. The first-order chi connectivity index (χ1) is 13.5. The van der Waals surface area contributed by atoms with Gasteiger partial charge in [0.15, 0.2) is 15.3 Å². The molecule has 0 spiro atoms. The van der Waals surface area contributed by atoms with Crippen LogP contribution in [0.1, 0.15) is 31.7 Å². The van der Waals surface area contributed by atoms with Crippen LogP contribution < -0.4 is 15.8 Å². The number of nitrogens with zero attached hydrogens (tertiary/aromatic N) is 4. The minimum absolute atomic E-state index is 0.00271. The number of nitrogen functional groups attached to an aromatic ring is 1. The number of aromatic nitrogens is 4. The van der Waals surface area contributed by atoms with E-state index in [0.717, 1.165) is 42.8 Å². The van der Waals surface area contributed by atoms with E-state index in [4.69, 9.17) is 10.5 Å². The van der Waals surface area contributed by atoms with Crippen LogP contribution in [-0.2, 0) is 4.79 Å². The van der Waals surface area contributed by atoms with Crippen LogP contribution in [0.15, 0.2) is 30.6 Å². The van der Waals surface area contributed by atoms with Crippen LogP contribution >= 0.6 is 22.6 Å². The molecular weight excluding hydrogens is 471 g/mol. The number of hydrogen-bond acceptors (Lipinski definition) is 6. The molecule has 0 bridgehead atoms. The summed E-state index contributed by atoms with van der Waals surface area (Å²) in [6.07, 6.45) is 5.20. The number of halogens is 1. The number of carbonyl (C=O) groups is 1. The molecule has 9 heteroatoms. The SMILES string of the molecule is COc1cccc(NC(=O)C2CCC(n3cnc4c(N)nc(I)nc43)CC2)c1. The zero-order valence-corrected chi connectivity index (χ0v) is 17.6. The summed E-state index contributed by atoms with van der Waals surface area (Å²) in [5.41, 5.74) is 8.12. The Hall–Kier alpha value is -2.43. The van der Waals surface area contributed by atoms with E-state index in [0.29, 0.717) is 15.2 Å². The Kier molecular flexibility index (Phi) is 5.33. The lowest BCUT2D eigenvalue weighted by atomic mass is 9.85. The summed E-state index contributed by atoms with van der Waals surface area (Å²) >= 11 is 2.06. The second kappa shape index (κ2) is 7.90. The lowest BCUT2D eigenvalue weighted by Crippen LogP contribution is -2.28. The molecule has 0 atom stereocenters. The second-order valence-corrected chi connectivity index (χ2v) is 7.89. The number of anilines is 2. The standard InChI is InChI=1S/C19H21IN6O2/c1-28-14-4-2-3-12(9-14)23-18(27)11-5-7-13(8-6-11)26-10-22-15-16(21)24-19(20)25-17(15)26/h2-4,9-11,13H,5-8H2,1H3,(H,23,27)(H2,21,24,25). The smallest absolute Gasteiger partial charge is 0.227 e. The summed E-state index contributed by atoms with van der Waals surface area (Å²) in [7, 11) is 1.61. The molecule has 28 heavy (non-hydrogen) atoms. The zero-order chi connectivity index (χ0) is 19.7. The summed E-state index contributed by atoms with van der Waals surface area (Å²) in [5.74, 6) is 1.18. The summed E-state index contributed by atoms with van der Waals surface area (Å²) in [6.45, 7) is 0. The van der Waals surface area contributed by atoms with Gasteiger partial charge in [0.1, 0.15) is 11.3 Å². The Morgan fingerprint density at radius 1 is 1.29 bits per heavy atom. The molecule has 1 aliphatic rings. The molecular formula is C19H21IN6O2. The predicted octanol–water partition coefficient (Wildman–Crippen LogP) is 3.39. The molecule has 1 fully saturated rings. The van der Waals surface area contributed by atoms with Gasteiger partial charge >= 0.3 is 0 Å². The van der Waals surface area contributed by atoms with Gasteiger partial charge in [-0.3, -0.25) is 4.79 Å². The third kappa shape index (κ3) is 3.75. The van der Waals surface area contributed by atoms with Crippen molar-refractivity contribution in [1.82, 2.24) is 19.5 Å². The van der Waals surface area contributed by atoms with E-state index in [9.17, 15) is 4.79 Å². The maximum absolute atomic E-state index is 12.7. The van der Waals surface area contributed by atoms with E-state index in [1.807, 2.05) is 24.3 Å². The van der Waals surface area contributed by atoms with E-state index >= 15 is 0 Å². The van der Waals surface area contributed by atoms with Crippen LogP contribution in [0, 0.1) is 9.75 Å². The third-order valence-corrected chi connectivity index (χ3v) is 5.70. The molecule has 0 radical (unpaired) electrons. The molecule has 8 nitrogen and oxygen atoms in total. The number of nitrogens with two attached hydrogens (primary N) is 1. The van der Waals surface area contributed by atoms with Gasteiger partial charge in [-0.25, -0.2) is 15.0 Å². The van der Waals surface area contributed by atoms with Crippen LogP contribution in [0.4, 0.5) is 11.5 Å². The third-order valence-electron chi connectivity index (χ3n) is 5.22. The van der Waals surface area contributed by atoms with E-state index in [2.05, 4.69) is 47.4 Å². The molecule has 1 saturated carbocycles. The van der Waals surface area contributed by atoms with E-state index in [-0.39, 0.29) is 17.9 Å². The molecule has 3 aromatic rings. The minimum Gasteiger partial charge on any atom is -0.497 e. The van der Waals surface area contributed by atoms with E-state index in [1.165, 1.54) is 0 Å². The van der Waals surface area contributed by atoms with Gasteiger partial charge in [0.2, 0.25) is 5.91 Å². The number of imidazole rings is 1. The number of fused-ring (bicyclic) bond motifs is 1. The van der Waals surface area contributed by atoms with Crippen molar-refractivity contribution < 1.29 is 9.53 Å². The molecule has 3 N–H and O–H groups in total. The average molecular weight is 492 g/mol. The summed E-state index contributed by atoms with van der Waals surface area (Å²) in [5, 5.41) is 3.00. The van der Waals surface area contributed by atoms with Crippen molar-refractivity contribution in [3.63, 3.8) is 0 Å². The van der Waals surface area contributed by atoms with Gasteiger partial charge in [0.05, 0.1) is 13.4 Å². The fourth-order valence-corrected chi connectivity index (χ4v) is 4.23. The van der Waals surface area contributed by atoms with Crippen LogP contribution in [0.25, 0.3) is 11.2 Å². The number of amides is 1. The summed E-state index contributed by atoms with van der Waals surface area (Å²) in [4.78, 5) is 25.7. The molecule has 0 aliphatic heterocycles. The number of benzene rings is 1. The lowest BCUT2D eigenvalue weighted by molar-refractivity contribution is -0.120. The molecule has 4 rings (SSSR count). The van der Waals surface area contributed by atoms with Gasteiger partial charge in [0, 0.05) is 46.3 Å². The minimum atomic E-state index is -0.00271. The molecule has 1 amide bonds. The van der Waals surface area contributed by atoms with Crippen molar-refractivity contribution in [3.8, 4) is 5.75 Å². The van der Waals surface area contributed by atoms with E-state index in [1.54, 1.807) is 13.4 Å². The largest absolute Gasteiger partial charge is 0.497 e. The number of carbonyl (C=O) groups excluding carboxylic acids is 1. The van der Waals surface area contributed by atoms with Gasteiger partial charge in [0.25, 0.3) is 0 Å². The fourth-order valence-electron chi connectivity index (χ4n) is 3.74. The number of methoxy groups -OCH3 is 1. The second-order valence-electron chi connectivity index (χ2n) is 6.93. The van der Waals surface area contributed by atoms with Gasteiger partial charge in [-0.05, 0) is 37.8 Å². The Morgan fingerprint density at radius 3 is 2.82 bits per heavy atom. The maximum Gasteiger partial charge on any atom is 0.227 e. The molecule has 1 aliphatic carbocycles. The lowest BCUT2D eigenvalue weighted by Gasteiger charge is -2.28. The fraction of sp³-hybridized carbons (Fsp3) is 0.368. The molecule has 2 heterocycles. The van der Waals surface area contributed by atoms with Crippen molar-refractivity contribution in [2.45, 2.75) is 31.7 Å². The number of hydrogen-bond donors (Lipinski definition) is 2. The zero-order valence-electron chi connectivity index (χ0n) is 15.4. The van der Waals surface area contributed by atoms with Crippen LogP contribution in [0.2, 0.25) is 0 Å². The Balaban J connectivity index is 1.42. The predicted molar refractivity (Wildman–Crippen MR) is 115 cm³/mol. The van der Waals surface area contributed by atoms with Gasteiger partial charge in [-0.15, -0.1) is 0 Å². The molecule has 0 unspecified atom stereocenters. The quantitative estimate of drug-likeness (QED) is 0.427. The molecule has 2 aromatic heterocycles. The van der Waals surface area contributed by atoms with Crippen molar-refractivity contribution in [2.24, 2.45) is 5.92 Å². The van der Waals surface area contributed by atoms with E-state index < -0.39 is 0 Å². The highest BCUT2D eigenvalue weighted by molar-refractivity contribution is 14.1. The number of ether oxygens (including phenoxy) is 1. The first-order valence-electron chi connectivity index (χ1n) is 9.15. The van der Waals surface area contributed by atoms with Crippen LogP contribution in [0.5, 0.6) is 5.75 Å². The van der Waals surface area contributed by atoms with Crippen molar-refractivity contribution >= 4 is 51.2 Å². The number of nitrogens with one attached hydrogen (secondary N) is 1. The van der Waals surface area contributed by atoms with Crippen LogP contribution in [0.3, 0.4) is 0 Å². The Morgan fingerprint density at radius 2 is 2.07 bits per heavy atom. The van der Waals surface area contributed by atoms with Crippen molar-refractivity contribution in [2.75, 3.05) is 18.2 Å². The normalized spacial score (nSPS) is 19.5. The molecule has 146 valence electrons. The topological polar surface area (TPSA) is 108 Å². The van der Waals surface area contributed by atoms with Gasteiger partial charge < -0.3 is 20.4 Å².